The molecule has 2 rings (SSSR count). The largest absolute Gasteiger partial charge is 0.478 e. The molecule has 0 saturated heterocycles. The number of carbonyl (C=O) groups excluding carboxylic acids is 1. The van der Waals surface area contributed by atoms with E-state index in [1.807, 2.05) is 0 Å². The Morgan fingerprint density at radius 2 is 2.35 bits per heavy atom. The molecule has 7 heteroatoms. The molecule has 0 unspecified atom stereocenters. The normalized spacial score (nSPS) is 10.1. The molecule has 88 valence electrons. The third-order valence-corrected chi connectivity index (χ3v) is 2.06. The summed E-state index contributed by atoms with van der Waals surface area (Å²) in [6.45, 7) is 0.266. The average molecular weight is 235 g/mol. The molecule has 3 N–H and O–H groups in total. The van der Waals surface area contributed by atoms with Crippen LogP contribution in [0, 0.1) is 0 Å². The summed E-state index contributed by atoms with van der Waals surface area (Å²) < 4.78 is 4.84. The van der Waals surface area contributed by atoms with Crippen molar-refractivity contribution in [3.05, 3.63) is 41.9 Å². The number of nitrogens with zero attached hydrogens (tertiary/aromatic N) is 1. The number of aromatic nitrogens is 2. The number of aromatic amines is 1. The molecule has 2 aromatic rings. The van der Waals surface area contributed by atoms with E-state index in [2.05, 4.69) is 15.3 Å². The lowest BCUT2D eigenvalue weighted by atomic mass is 10.3. The SMILES string of the molecule is O=C(O)c1coc(C(=O)NCc2cnc[nH]2)c1. The van der Waals surface area contributed by atoms with Gasteiger partial charge in [-0.05, 0) is 0 Å². The molecule has 0 saturated carbocycles. The molecule has 0 spiro atoms. The Bertz CT molecular complexity index is 530. The van der Waals surface area contributed by atoms with E-state index in [1.54, 1.807) is 6.20 Å². The first-order valence-corrected chi connectivity index (χ1v) is 4.74. The molecular weight excluding hydrogens is 226 g/mol. The maximum absolute atomic E-state index is 11.5. The van der Waals surface area contributed by atoms with Gasteiger partial charge in [-0.3, -0.25) is 4.79 Å². The Morgan fingerprint density at radius 1 is 1.53 bits per heavy atom. The summed E-state index contributed by atoms with van der Waals surface area (Å²) in [7, 11) is 0. The van der Waals surface area contributed by atoms with Gasteiger partial charge in [-0.1, -0.05) is 0 Å². The van der Waals surface area contributed by atoms with E-state index in [4.69, 9.17) is 9.52 Å². The van der Waals surface area contributed by atoms with Crippen LogP contribution in [0.4, 0.5) is 0 Å². The molecule has 17 heavy (non-hydrogen) atoms. The maximum Gasteiger partial charge on any atom is 0.338 e. The number of aromatic carboxylic acids is 1. The maximum atomic E-state index is 11.5. The predicted octanol–water partition coefficient (Wildman–Crippen LogP) is 0.631. The highest BCUT2D eigenvalue weighted by molar-refractivity contribution is 5.95. The van der Waals surface area contributed by atoms with Gasteiger partial charge >= 0.3 is 5.97 Å². The van der Waals surface area contributed by atoms with Gasteiger partial charge < -0.3 is 19.8 Å². The minimum atomic E-state index is -1.14. The van der Waals surface area contributed by atoms with Crippen LogP contribution in [-0.4, -0.2) is 27.0 Å². The van der Waals surface area contributed by atoms with Gasteiger partial charge in [0, 0.05) is 12.3 Å². The van der Waals surface area contributed by atoms with E-state index in [-0.39, 0.29) is 17.9 Å². The van der Waals surface area contributed by atoms with Crippen LogP contribution in [0.15, 0.2) is 29.3 Å². The lowest BCUT2D eigenvalue weighted by Gasteiger charge is -1.99. The molecule has 0 aromatic carbocycles. The molecule has 0 atom stereocenters. The molecule has 0 aliphatic rings. The summed E-state index contributed by atoms with van der Waals surface area (Å²) in [4.78, 5) is 28.7. The highest BCUT2D eigenvalue weighted by atomic mass is 16.4. The second-order valence-electron chi connectivity index (χ2n) is 3.26. The zero-order valence-electron chi connectivity index (χ0n) is 8.64. The highest BCUT2D eigenvalue weighted by Crippen LogP contribution is 2.07. The van der Waals surface area contributed by atoms with Gasteiger partial charge in [0.2, 0.25) is 0 Å². The number of furan rings is 1. The molecule has 0 aliphatic heterocycles. The van der Waals surface area contributed by atoms with Crippen LogP contribution >= 0.6 is 0 Å². The zero-order valence-corrected chi connectivity index (χ0v) is 8.64. The van der Waals surface area contributed by atoms with Crippen molar-refractivity contribution >= 4 is 11.9 Å². The summed E-state index contributed by atoms with van der Waals surface area (Å²) >= 11 is 0. The third-order valence-electron chi connectivity index (χ3n) is 2.06. The zero-order chi connectivity index (χ0) is 12.3. The van der Waals surface area contributed by atoms with Gasteiger partial charge in [0.15, 0.2) is 5.76 Å². The minimum Gasteiger partial charge on any atom is -0.478 e. The fraction of sp³-hybridized carbons (Fsp3) is 0.100. The predicted molar refractivity (Wildman–Crippen MR) is 55.4 cm³/mol. The van der Waals surface area contributed by atoms with Crippen molar-refractivity contribution in [3.8, 4) is 0 Å². The number of amides is 1. The Labute approximate surface area is 95.5 Å². The molecule has 2 aromatic heterocycles. The van der Waals surface area contributed by atoms with Gasteiger partial charge in [-0.2, -0.15) is 0 Å². The van der Waals surface area contributed by atoms with Gasteiger partial charge in [0.1, 0.15) is 6.26 Å². The van der Waals surface area contributed by atoms with E-state index < -0.39 is 11.9 Å². The minimum absolute atomic E-state index is 0.0399. The Hall–Kier alpha value is -2.57. The number of hydrogen-bond donors (Lipinski definition) is 3. The molecular formula is C10H9N3O4. The van der Waals surface area contributed by atoms with Crippen LogP contribution in [-0.2, 0) is 6.54 Å². The fourth-order valence-corrected chi connectivity index (χ4v) is 1.21. The van der Waals surface area contributed by atoms with E-state index >= 15 is 0 Å². The standard InChI is InChI=1S/C10H9N3O4/c14-9(12-3-7-2-11-5-13-7)8-1-6(4-17-8)10(15)16/h1-2,4-5H,3H2,(H,11,13)(H,12,14)(H,15,16). The van der Waals surface area contributed by atoms with E-state index in [9.17, 15) is 9.59 Å². The number of H-pyrrole nitrogens is 1. The monoisotopic (exact) mass is 235 g/mol. The lowest BCUT2D eigenvalue weighted by Crippen LogP contribution is -2.22. The van der Waals surface area contributed by atoms with Crippen LogP contribution in [0.2, 0.25) is 0 Å². The summed E-state index contributed by atoms with van der Waals surface area (Å²) in [6.07, 6.45) is 4.09. The number of carbonyl (C=O) groups is 2. The van der Waals surface area contributed by atoms with Crippen LogP contribution < -0.4 is 5.32 Å². The van der Waals surface area contributed by atoms with Crippen LogP contribution in [0.25, 0.3) is 0 Å². The van der Waals surface area contributed by atoms with E-state index in [0.717, 1.165) is 12.0 Å². The lowest BCUT2D eigenvalue weighted by molar-refractivity contribution is 0.0696. The number of imidazole rings is 1. The first-order chi connectivity index (χ1) is 8.16. The second kappa shape index (κ2) is 4.52. The smallest absolute Gasteiger partial charge is 0.338 e. The van der Waals surface area contributed by atoms with Crippen molar-refractivity contribution in [2.75, 3.05) is 0 Å². The summed E-state index contributed by atoms with van der Waals surface area (Å²) in [6, 6.07) is 1.17. The quantitative estimate of drug-likeness (QED) is 0.720. The second-order valence-corrected chi connectivity index (χ2v) is 3.26. The average Bonchev–Trinajstić information content (AvgIpc) is 2.96. The van der Waals surface area contributed by atoms with Crippen molar-refractivity contribution in [1.82, 2.24) is 15.3 Å². The first kappa shape index (κ1) is 10.9. The first-order valence-electron chi connectivity index (χ1n) is 4.74. The molecule has 0 fully saturated rings. The van der Waals surface area contributed by atoms with E-state index in [1.165, 1.54) is 12.4 Å². The summed E-state index contributed by atoms with van der Waals surface area (Å²) in [5, 5.41) is 11.2. The van der Waals surface area contributed by atoms with Gasteiger partial charge in [0.25, 0.3) is 5.91 Å². The Morgan fingerprint density at radius 3 is 2.94 bits per heavy atom. The van der Waals surface area contributed by atoms with Crippen LogP contribution in [0.5, 0.6) is 0 Å². The number of carboxylic acid groups (broad SMARTS) is 1. The summed E-state index contributed by atoms with van der Waals surface area (Å²) in [5.41, 5.74) is 0.681. The Kier molecular flexibility index (Phi) is 2.91. The topological polar surface area (TPSA) is 108 Å². The molecule has 0 aliphatic carbocycles. The van der Waals surface area contributed by atoms with Crippen molar-refractivity contribution in [3.63, 3.8) is 0 Å². The van der Waals surface area contributed by atoms with Gasteiger partial charge in [-0.15, -0.1) is 0 Å². The van der Waals surface area contributed by atoms with Crippen LogP contribution in [0.1, 0.15) is 26.6 Å². The molecule has 0 bridgehead atoms. The molecule has 1 amide bonds. The van der Waals surface area contributed by atoms with Crippen molar-refractivity contribution in [2.45, 2.75) is 6.54 Å². The summed E-state index contributed by atoms with van der Waals surface area (Å²) in [5.74, 6) is -1.66. The number of nitrogens with one attached hydrogen (secondary N) is 2. The number of hydrogen-bond acceptors (Lipinski definition) is 4. The van der Waals surface area contributed by atoms with Crippen molar-refractivity contribution < 1.29 is 19.1 Å². The molecule has 0 radical (unpaired) electrons. The number of carboxylic acids is 1. The number of rotatable bonds is 4. The Balaban J connectivity index is 1.97. The van der Waals surface area contributed by atoms with Crippen molar-refractivity contribution in [2.24, 2.45) is 0 Å². The van der Waals surface area contributed by atoms with Gasteiger partial charge in [0.05, 0.1) is 24.1 Å². The fourth-order valence-electron chi connectivity index (χ4n) is 1.21. The molecule has 2 heterocycles. The van der Waals surface area contributed by atoms with Gasteiger partial charge in [-0.25, -0.2) is 9.78 Å². The third kappa shape index (κ3) is 2.51. The van der Waals surface area contributed by atoms with Crippen molar-refractivity contribution in [1.29, 1.82) is 0 Å². The van der Waals surface area contributed by atoms with Crippen LogP contribution in [0.3, 0.4) is 0 Å². The highest BCUT2D eigenvalue weighted by Gasteiger charge is 2.14. The molecule has 7 nitrogen and oxygen atoms in total. The van der Waals surface area contributed by atoms with E-state index in [0.29, 0.717) is 0 Å².